The number of nitrogens with two attached hydrogens (primary N) is 1. The van der Waals surface area contributed by atoms with Crippen molar-refractivity contribution in [2.75, 3.05) is 18.4 Å². The van der Waals surface area contributed by atoms with Crippen LogP contribution in [0.3, 0.4) is 0 Å². The van der Waals surface area contributed by atoms with Crippen LogP contribution in [0.2, 0.25) is 0 Å². The molecule has 6 rings (SSSR count). The molecular formula is C28H30N8OS. The van der Waals surface area contributed by atoms with Gasteiger partial charge in [0.15, 0.2) is 5.65 Å². The number of nitrogens with one attached hydrogen (secondary N) is 1. The van der Waals surface area contributed by atoms with E-state index < -0.39 is 0 Å². The first-order valence-corrected chi connectivity index (χ1v) is 13.7. The summed E-state index contributed by atoms with van der Waals surface area (Å²) in [6.07, 6.45) is 13.2. The van der Waals surface area contributed by atoms with Crippen LogP contribution in [-0.4, -0.2) is 47.7 Å². The molecule has 194 valence electrons. The zero-order valence-electron chi connectivity index (χ0n) is 21.2. The molecule has 1 aliphatic carbocycles. The Morgan fingerprint density at radius 1 is 1.18 bits per heavy atom. The average Bonchev–Trinajstić information content (AvgIpc) is 3.54. The number of rotatable bonds is 6. The number of benzene rings is 1. The van der Waals surface area contributed by atoms with Crippen LogP contribution in [-0.2, 0) is 0 Å². The van der Waals surface area contributed by atoms with Crippen molar-refractivity contribution in [3.63, 3.8) is 0 Å². The number of carbonyl (C=O) groups is 1. The smallest absolute Gasteiger partial charge is 0.262 e. The van der Waals surface area contributed by atoms with Crippen LogP contribution in [0, 0.1) is 6.92 Å². The molecule has 3 N–H and O–H groups in total. The molecule has 0 unspecified atom stereocenters. The van der Waals surface area contributed by atoms with Gasteiger partial charge in [0.1, 0.15) is 11.4 Å². The average molecular weight is 527 g/mol. The van der Waals surface area contributed by atoms with Crippen molar-refractivity contribution >= 4 is 29.3 Å². The Morgan fingerprint density at radius 3 is 2.79 bits per heavy atom. The van der Waals surface area contributed by atoms with Crippen LogP contribution in [0.5, 0.6) is 0 Å². The second-order valence-electron chi connectivity index (χ2n) is 9.75. The van der Waals surface area contributed by atoms with E-state index in [0.717, 1.165) is 55.9 Å². The van der Waals surface area contributed by atoms with Gasteiger partial charge in [-0.25, -0.2) is 18.5 Å². The largest absolute Gasteiger partial charge is 0.399 e. The number of fused-ring (bicyclic) bond motifs is 1. The number of amides is 1. The molecule has 2 aliphatic rings. The standard InChI is InChI=1S/C28H30N8OS/c1-19-6-8-22(9-7-19)36-26(32-28(37)24-18-31-35-13-3-12-30-27(24)35)17-25(33-36)20-10-14-34(15-11-20)38-23-5-2-4-21(29)16-23/h3-4,6-9,12-13,16-18,20H,2,5,10-11,14-15,29H2,1H3,(H,32,37). The summed E-state index contributed by atoms with van der Waals surface area (Å²) < 4.78 is 5.85. The van der Waals surface area contributed by atoms with Crippen LogP contribution >= 0.6 is 11.9 Å². The molecule has 0 atom stereocenters. The van der Waals surface area contributed by atoms with E-state index >= 15 is 0 Å². The van der Waals surface area contributed by atoms with Gasteiger partial charge in [0, 0.05) is 48.1 Å². The van der Waals surface area contributed by atoms with Crippen LogP contribution in [0.25, 0.3) is 11.3 Å². The fraction of sp³-hybridized carbons (Fsp3) is 0.286. The molecule has 1 amide bonds. The number of anilines is 1. The zero-order chi connectivity index (χ0) is 26.1. The van der Waals surface area contributed by atoms with Gasteiger partial charge in [-0.05, 0) is 68.8 Å². The maximum Gasteiger partial charge on any atom is 0.262 e. The normalized spacial score (nSPS) is 16.9. The van der Waals surface area contributed by atoms with Crippen molar-refractivity contribution in [3.8, 4) is 5.69 Å². The zero-order valence-corrected chi connectivity index (χ0v) is 22.1. The highest BCUT2D eigenvalue weighted by atomic mass is 32.2. The molecule has 0 radical (unpaired) electrons. The van der Waals surface area contributed by atoms with Gasteiger partial charge < -0.3 is 11.1 Å². The number of carbonyl (C=O) groups excluding carboxylic acids is 1. The van der Waals surface area contributed by atoms with Gasteiger partial charge in [-0.3, -0.25) is 4.79 Å². The van der Waals surface area contributed by atoms with Gasteiger partial charge in [0.05, 0.1) is 17.6 Å². The monoisotopic (exact) mass is 526 g/mol. The summed E-state index contributed by atoms with van der Waals surface area (Å²) in [7, 11) is 0. The molecule has 3 aromatic heterocycles. The van der Waals surface area contributed by atoms with Crippen molar-refractivity contribution in [2.45, 2.75) is 38.5 Å². The Balaban J connectivity index is 1.22. The molecule has 0 bridgehead atoms. The molecule has 4 heterocycles. The van der Waals surface area contributed by atoms with Crippen molar-refractivity contribution in [1.82, 2.24) is 28.7 Å². The van der Waals surface area contributed by atoms with Gasteiger partial charge in [0.25, 0.3) is 5.91 Å². The van der Waals surface area contributed by atoms with Gasteiger partial charge in [-0.15, -0.1) is 0 Å². The van der Waals surface area contributed by atoms with E-state index in [1.165, 1.54) is 10.5 Å². The van der Waals surface area contributed by atoms with Gasteiger partial charge >= 0.3 is 0 Å². The molecular weight excluding hydrogens is 496 g/mol. The molecule has 4 aromatic rings. The summed E-state index contributed by atoms with van der Waals surface area (Å²) in [4.78, 5) is 18.9. The number of hydrogen-bond donors (Lipinski definition) is 2. The van der Waals surface area contributed by atoms with Crippen molar-refractivity contribution in [3.05, 3.63) is 94.6 Å². The second-order valence-corrected chi connectivity index (χ2v) is 11.0. The van der Waals surface area contributed by atoms with Gasteiger partial charge in [0.2, 0.25) is 0 Å². The topological polar surface area (TPSA) is 106 Å². The lowest BCUT2D eigenvalue weighted by molar-refractivity contribution is 0.102. The SMILES string of the molecule is Cc1ccc(-n2nc(C3CCN(SC4=CC(N)=CCC4)CC3)cc2NC(=O)c2cnn3cccnc23)cc1. The third-order valence-corrected chi connectivity index (χ3v) is 8.17. The fourth-order valence-electron chi connectivity index (χ4n) is 4.92. The van der Waals surface area contributed by atoms with Gasteiger partial charge in [-0.1, -0.05) is 23.8 Å². The lowest BCUT2D eigenvalue weighted by Gasteiger charge is -2.31. The molecule has 1 aromatic carbocycles. The van der Waals surface area contributed by atoms with E-state index in [0.29, 0.717) is 22.9 Å². The van der Waals surface area contributed by atoms with E-state index in [-0.39, 0.29) is 5.91 Å². The first-order valence-electron chi connectivity index (χ1n) is 12.9. The van der Waals surface area contributed by atoms with Crippen molar-refractivity contribution < 1.29 is 4.79 Å². The van der Waals surface area contributed by atoms with Crippen LogP contribution < -0.4 is 11.1 Å². The maximum atomic E-state index is 13.3. The van der Waals surface area contributed by atoms with E-state index in [9.17, 15) is 4.79 Å². The summed E-state index contributed by atoms with van der Waals surface area (Å²) in [5, 5.41) is 12.3. The van der Waals surface area contributed by atoms with Crippen LogP contribution in [0.15, 0.2) is 77.7 Å². The summed E-state index contributed by atoms with van der Waals surface area (Å²) >= 11 is 1.83. The van der Waals surface area contributed by atoms with Crippen LogP contribution in [0.1, 0.15) is 53.2 Å². The first-order chi connectivity index (χ1) is 18.5. The Morgan fingerprint density at radius 2 is 2.00 bits per heavy atom. The number of aromatic nitrogens is 5. The number of hydrogen-bond acceptors (Lipinski definition) is 7. The second kappa shape index (κ2) is 10.5. The predicted molar refractivity (Wildman–Crippen MR) is 150 cm³/mol. The lowest BCUT2D eigenvalue weighted by atomic mass is 9.95. The molecule has 38 heavy (non-hydrogen) atoms. The van der Waals surface area contributed by atoms with Crippen LogP contribution in [0.4, 0.5) is 5.82 Å². The third-order valence-electron chi connectivity index (χ3n) is 6.99. The Bertz CT molecular complexity index is 1530. The predicted octanol–water partition coefficient (Wildman–Crippen LogP) is 4.82. The number of piperidine rings is 1. The molecule has 1 fully saturated rings. The summed E-state index contributed by atoms with van der Waals surface area (Å²) in [6.45, 7) is 4.01. The number of nitrogens with zero attached hydrogens (tertiary/aromatic N) is 6. The molecule has 1 saturated heterocycles. The Kier molecular flexibility index (Phi) is 6.73. The van der Waals surface area contributed by atoms with E-state index in [1.807, 2.05) is 34.8 Å². The highest BCUT2D eigenvalue weighted by molar-refractivity contribution is 8.00. The lowest BCUT2D eigenvalue weighted by Crippen LogP contribution is -2.28. The van der Waals surface area contributed by atoms with Crippen molar-refractivity contribution in [2.24, 2.45) is 5.73 Å². The minimum atomic E-state index is -0.265. The molecule has 1 aliphatic heterocycles. The third kappa shape index (κ3) is 5.09. The minimum Gasteiger partial charge on any atom is -0.399 e. The molecule has 10 heteroatoms. The first kappa shape index (κ1) is 24.4. The quantitative estimate of drug-likeness (QED) is 0.347. The number of aryl methyl sites for hydroxylation is 1. The molecule has 0 spiro atoms. The van der Waals surface area contributed by atoms with Gasteiger partial charge in [-0.2, -0.15) is 10.2 Å². The number of allylic oxidation sites excluding steroid dienone is 3. The highest BCUT2D eigenvalue weighted by Crippen LogP contribution is 2.36. The summed E-state index contributed by atoms with van der Waals surface area (Å²) in [5.41, 5.74) is 10.9. The van der Waals surface area contributed by atoms with E-state index in [2.05, 4.69) is 50.9 Å². The maximum absolute atomic E-state index is 13.3. The van der Waals surface area contributed by atoms with E-state index in [4.69, 9.17) is 10.8 Å². The highest BCUT2D eigenvalue weighted by Gasteiger charge is 2.26. The molecule has 9 nitrogen and oxygen atoms in total. The Labute approximate surface area is 225 Å². The van der Waals surface area contributed by atoms with E-state index in [1.54, 1.807) is 29.2 Å². The minimum absolute atomic E-state index is 0.265. The molecule has 0 saturated carbocycles. The Hall–Kier alpha value is -3.89. The fourth-order valence-corrected chi connectivity index (χ4v) is 6.04. The van der Waals surface area contributed by atoms with Crippen molar-refractivity contribution in [1.29, 1.82) is 0 Å². The summed E-state index contributed by atoms with van der Waals surface area (Å²) in [5.74, 6) is 0.688. The summed E-state index contributed by atoms with van der Waals surface area (Å²) in [6, 6.07) is 11.9.